The van der Waals surface area contributed by atoms with E-state index in [0.29, 0.717) is 0 Å². The molecule has 3 nitrogen and oxygen atoms in total. The summed E-state index contributed by atoms with van der Waals surface area (Å²) in [6.45, 7) is 2.33. The van der Waals surface area contributed by atoms with Gasteiger partial charge in [0.2, 0.25) is 0 Å². The second kappa shape index (κ2) is 5.58. The van der Waals surface area contributed by atoms with Crippen LogP contribution in [0.1, 0.15) is 25.7 Å². The number of hydrogen-bond donors (Lipinski definition) is 2. The average Bonchev–Trinajstić information content (AvgIpc) is 2.07. The predicted octanol–water partition coefficient (Wildman–Crippen LogP) is 0.428. The minimum absolute atomic E-state index is 0.0381. The van der Waals surface area contributed by atoms with E-state index in [1.54, 1.807) is 0 Å². The van der Waals surface area contributed by atoms with Crippen LogP contribution >= 0.6 is 0 Å². The molecule has 0 spiro atoms. The summed E-state index contributed by atoms with van der Waals surface area (Å²) in [7, 11) is 2.14. The van der Waals surface area contributed by atoms with Crippen molar-refractivity contribution in [3.05, 3.63) is 0 Å². The molecule has 1 unspecified atom stereocenters. The molecule has 0 bridgehead atoms. The number of aliphatic hydroxyl groups is 1. The Morgan fingerprint density at radius 2 is 2.23 bits per heavy atom. The molecule has 1 atom stereocenters. The lowest BCUT2D eigenvalue weighted by Gasteiger charge is -2.30. The van der Waals surface area contributed by atoms with Gasteiger partial charge in [0.25, 0.3) is 0 Å². The van der Waals surface area contributed by atoms with Gasteiger partial charge in [-0.15, -0.1) is 0 Å². The van der Waals surface area contributed by atoms with E-state index < -0.39 is 0 Å². The Kier molecular flexibility index (Phi) is 4.70. The number of rotatable bonds is 6. The third-order valence-electron chi connectivity index (χ3n) is 2.91. The summed E-state index contributed by atoms with van der Waals surface area (Å²) in [6.07, 6.45) is 5.11. The van der Waals surface area contributed by atoms with Gasteiger partial charge in [0, 0.05) is 12.6 Å². The van der Waals surface area contributed by atoms with Gasteiger partial charge in [0.15, 0.2) is 0 Å². The van der Waals surface area contributed by atoms with E-state index in [0.717, 1.165) is 18.9 Å². The van der Waals surface area contributed by atoms with Crippen LogP contribution in [0.2, 0.25) is 0 Å². The summed E-state index contributed by atoms with van der Waals surface area (Å²) in [4.78, 5) is 2.33. The van der Waals surface area contributed by atoms with Gasteiger partial charge in [-0.3, -0.25) is 0 Å². The predicted molar refractivity (Wildman–Crippen MR) is 54.5 cm³/mol. The number of hydrogen-bond acceptors (Lipinski definition) is 3. The molecule has 0 amide bonds. The number of nitrogens with zero attached hydrogens (tertiary/aromatic N) is 1. The summed E-state index contributed by atoms with van der Waals surface area (Å²) in [5, 5.41) is 8.74. The third kappa shape index (κ3) is 4.07. The molecule has 1 saturated carbocycles. The van der Waals surface area contributed by atoms with Gasteiger partial charge in [-0.25, -0.2) is 0 Å². The van der Waals surface area contributed by atoms with Crippen LogP contribution < -0.4 is 5.73 Å². The highest BCUT2D eigenvalue weighted by atomic mass is 16.3. The van der Waals surface area contributed by atoms with Gasteiger partial charge >= 0.3 is 0 Å². The molecule has 0 aromatic heterocycles. The zero-order valence-corrected chi connectivity index (χ0v) is 8.58. The highest BCUT2D eigenvalue weighted by Gasteiger charge is 2.18. The number of aliphatic hydroxyl groups excluding tert-OH is 1. The second-order valence-electron chi connectivity index (χ2n) is 4.29. The van der Waals surface area contributed by atoms with Crippen molar-refractivity contribution in [1.29, 1.82) is 0 Å². The minimum Gasteiger partial charge on any atom is -0.395 e. The van der Waals surface area contributed by atoms with Gasteiger partial charge in [0.1, 0.15) is 0 Å². The molecule has 1 aliphatic rings. The van der Waals surface area contributed by atoms with Crippen molar-refractivity contribution < 1.29 is 5.11 Å². The molecule has 0 radical (unpaired) electrons. The number of nitrogens with two attached hydrogens (primary N) is 1. The highest BCUT2D eigenvalue weighted by molar-refractivity contribution is 4.73. The fraction of sp³-hybridized carbons (Fsp3) is 1.00. The molecular weight excluding hydrogens is 164 g/mol. The van der Waals surface area contributed by atoms with Crippen molar-refractivity contribution >= 4 is 0 Å². The lowest BCUT2D eigenvalue weighted by Crippen LogP contribution is -2.34. The topological polar surface area (TPSA) is 49.5 Å². The van der Waals surface area contributed by atoms with Crippen molar-refractivity contribution in [3.63, 3.8) is 0 Å². The van der Waals surface area contributed by atoms with Crippen molar-refractivity contribution in [3.8, 4) is 0 Å². The lowest BCUT2D eigenvalue weighted by molar-refractivity contribution is 0.191. The SMILES string of the molecule is CN(CCC(N)CO)CC1CCC1. The summed E-state index contributed by atoms with van der Waals surface area (Å²) in [6, 6.07) is -0.0381. The van der Waals surface area contributed by atoms with E-state index in [9.17, 15) is 0 Å². The first-order valence-corrected chi connectivity index (χ1v) is 5.27. The van der Waals surface area contributed by atoms with Gasteiger partial charge in [-0.1, -0.05) is 6.42 Å². The molecule has 1 rings (SSSR count). The van der Waals surface area contributed by atoms with Crippen LogP contribution in [0.4, 0.5) is 0 Å². The van der Waals surface area contributed by atoms with Crippen molar-refractivity contribution in [2.75, 3.05) is 26.7 Å². The summed E-state index contributed by atoms with van der Waals surface area (Å²) >= 11 is 0. The van der Waals surface area contributed by atoms with Crippen LogP contribution in [-0.2, 0) is 0 Å². The van der Waals surface area contributed by atoms with Crippen molar-refractivity contribution in [2.45, 2.75) is 31.7 Å². The molecule has 1 aliphatic carbocycles. The molecule has 1 fully saturated rings. The molecule has 0 saturated heterocycles. The van der Waals surface area contributed by atoms with E-state index in [1.807, 2.05) is 0 Å². The molecule has 3 heteroatoms. The molecule has 3 N–H and O–H groups in total. The van der Waals surface area contributed by atoms with Crippen LogP contribution in [0.5, 0.6) is 0 Å². The van der Waals surface area contributed by atoms with Crippen LogP contribution in [0.3, 0.4) is 0 Å². The Morgan fingerprint density at radius 3 is 2.69 bits per heavy atom. The first-order chi connectivity index (χ1) is 6.22. The molecule has 0 aliphatic heterocycles. The molecule has 13 heavy (non-hydrogen) atoms. The maximum atomic E-state index is 8.74. The fourth-order valence-corrected chi connectivity index (χ4v) is 1.68. The second-order valence-corrected chi connectivity index (χ2v) is 4.29. The highest BCUT2D eigenvalue weighted by Crippen LogP contribution is 2.26. The molecule has 78 valence electrons. The van der Waals surface area contributed by atoms with Crippen molar-refractivity contribution in [1.82, 2.24) is 4.90 Å². The standard InChI is InChI=1S/C10H22N2O/c1-12(6-5-10(11)8-13)7-9-3-2-4-9/h9-10,13H,2-8,11H2,1H3. The first-order valence-electron chi connectivity index (χ1n) is 5.27. The normalized spacial score (nSPS) is 20.3. The average molecular weight is 186 g/mol. The molecule has 0 aromatic rings. The Balaban J connectivity index is 1.99. The van der Waals surface area contributed by atoms with E-state index in [2.05, 4.69) is 11.9 Å². The Morgan fingerprint density at radius 1 is 1.54 bits per heavy atom. The van der Waals surface area contributed by atoms with Gasteiger partial charge in [0.05, 0.1) is 6.61 Å². The Labute approximate surface area is 80.9 Å². The van der Waals surface area contributed by atoms with Crippen LogP contribution in [0, 0.1) is 5.92 Å². The molecular formula is C10H22N2O. The fourth-order valence-electron chi connectivity index (χ4n) is 1.68. The van der Waals surface area contributed by atoms with Gasteiger partial charge < -0.3 is 15.7 Å². The zero-order valence-electron chi connectivity index (χ0n) is 8.58. The molecule has 0 aromatic carbocycles. The summed E-state index contributed by atoms with van der Waals surface area (Å²) < 4.78 is 0. The third-order valence-corrected chi connectivity index (χ3v) is 2.91. The minimum atomic E-state index is -0.0381. The van der Waals surface area contributed by atoms with Crippen LogP contribution in [-0.4, -0.2) is 42.8 Å². The largest absolute Gasteiger partial charge is 0.395 e. The van der Waals surface area contributed by atoms with E-state index in [1.165, 1.54) is 25.8 Å². The van der Waals surface area contributed by atoms with E-state index >= 15 is 0 Å². The zero-order chi connectivity index (χ0) is 9.68. The quantitative estimate of drug-likeness (QED) is 0.632. The lowest BCUT2D eigenvalue weighted by atomic mass is 9.85. The van der Waals surface area contributed by atoms with E-state index in [4.69, 9.17) is 10.8 Å². The van der Waals surface area contributed by atoms with Gasteiger partial charge in [-0.2, -0.15) is 0 Å². The maximum absolute atomic E-state index is 8.74. The first kappa shape index (κ1) is 11.0. The smallest absolute Gasteiger partial charge is 0.0583 e. The van der Waals surface area contributed by atoms with E-state index in [-0.39, 0.29) is 12.6 Å². The summed E-state index contributed by atoms with van der Waals surface area (Å²) in [5.41, 5.74) is 5.62. The van der Waals surface area contributed by atoms with Crippen LogP contribution in [0.15, 0.2) is 0 Å². The van der Waals surface area contributed by atoms with Gasteiger partial charge in [-0.05, 0) is 38.8 Å². The Bertz CT molecular complexity index is 137. The van der Waals surface area contributed by atoms with Crippen LogP contribution in [0.25, 0.3) is 0 Å². The summed E-state index contributed by atoms with van der Waals surface area (Å²) in [5.74, 6) is 0.926. The Hall–Kier alpha value is -0.120. The maximum Gasteiger partial charge on any atom is 0.0583 e. The monoisotopic (exact) mass is 186 g/mol. The molecule has 0 heterocycles. The van der Waals surface area contributed by atoms with Crippen molar-refractivity contribution in [2.24, 2.45) is 11.7 Å².